The van der Waals surface area contributed by atoms with Gasteiger partial charge in [0.2, 0.25) is 5.89 Å². The first kappa shape index (κ1) is 22.0. The summed E-state index contributed by atoms with van der Waals surface area (Å²) in [5.74, 6) is -1.28. The number of pyridine rings is 1. The predicted molar refractivity (Wildman–Crippen MR) is 103 cm³/mol. The summed E-state index contributed by atoms with van der Waals surface area (Å²) in [5, 5.41) is 17.2. The fraction of sp³-hybridized carbons (Fsp3) is 0.368. The van der Waals surface area contributed by atoms with Gasteiger partial charge >= 0.3 is 12.1 Å². The Balaban J connectivity index is 0.000000318. The summed E-state index contributed by atoms with van der Waals surface area (Å²) in [6.07, 6.45) is -1.05. The minimum Gasteiger partial charge on any atom is -0.475 e. The van der Waals surface area contributed by atoms with E-state index < -0.39 is 12.1 Å². The van der Waals surface area contributed by atoms with Gasteiger partial charge in [-0.2, -0.15) is 13.2 Å². The van der Waals surface area contributed by atoms with Crippen LogP contribution < -0.4 is 5.73 Å². The number of nitrogens with zero attached hydrogens (tertiary/aromatic N) is 3. The van der Waals surface area contributed by atoms with E-state index in [0.29, 0.717) is 34.5 Å². The minimum absolute atomic E-state index is 0.308. The van der Waals surface area contributed by atoms with Crippen LogP contribution in [-0.2, 0) is 4.79 Å². The van der Waals surface area contributed by atoms with Crippen molar-refractivity contribution in [3.8, 4) is 11.6 Å². The zero-order valence-corrected chi connectivity index (χ0v) is 16.3. The van der Waals surface area contributed by atoms with Gasteiger partial charge < -0.3 is 15.3 Å². The van der Waals surface area contributed by atoms with E-state index in [1.165, 1.54) is 0 Å². The summed E-state index contributed by atoms with van der Waals surface area (Å²) < 4.78 is 37.6. The zero-order valence-electron chi connectivity index (χ0n) is 15.6. The predicted octanol–water partition coefficient (Wildman–Crippen LogP) is 4.56. The molecule has 1 aliphatic rings. The second-order valence-corrected chi connectivity index (χ2v) is 7.33. The Morgan fingerprint density at radius 1 is 1.13 bits per heavy atom. The largest absolute Gasteiger partial charge is 0.490 e. The Hall–Kier alpha value is -2.72. The molecule has 0 amide bonds. The molecule has 3 N–H and O–H groups in total. The first-order valence-electron chi connectivity index (χ1n) is 9.09. The summed E-state index contributed by atoms with van der Waals surface area (Å²) in [4.78, 5) is 13.5. The maximum atomic E-state index is 10.6. The maximum absolute atomic E-state index is 10.6. The quantitative estimate of drug-likeness (QED) is 0.597. The Bertz CT molecular complexity index is 1030. The number of halogens is 4. The van der Waals surface area contributed by atoms with E-state index in [0.717, 1.165) is 36.6 Å². The average molecular weight is 443 g/mol. The van der Waals surface area contributed by atoms with Gasteiger partial charge in [-0.3, -0.25) is 0 Å². The zero-order chi connectivity index (χ0) is 21.9. The maximum Gasteiger partial charge on any atom is 0.490 e. The van der Waals surface area contributed by atoms with Gasteiger partial charge in [0.25, 0.3) is 5.89 Å². The molecule has 0 aliphatic heterocycles. The molecule has 3 aromatic rings. The number of alkyl halides is 3. The van der Waals surface area contributed by atoms with E-state index in [2.05, 4.69) is 15.2 Å². The van der Waals surface area contributed by atoms with Crippen LogP contribution in [0.2, 0.25) is 5.02 Å². The summed E-state index contributed by atoms with van der Waals surface area (Å²) in [6.45, 7) is 0. The lowest BCUT2D eigenvalue weighted by atomic mass is 9.86. The Labute approximate surface area is 174 Å². The van der Waals surface area contributed by atoms with Crippen molar-refractivity contribution in [2.24, 2.45) is 5.73 Å². The smallest absolute Gasteiger partial charge is 0.475 e. The van der Waals surface area contributed by atoms with Crippen molar-refractivity contribution < 1.29 is 27.5 Å². The van der Waals surface area contributed by atoms with Crippen molar-refractivity contribution in [3.05, 3.63) is 41.2 Å². The highest BCUT2D eigenvalue weighted by Crippen LogP contribution is 2.32. The van der Waals surface area contributed by atoms with Crippen LogP contribution in [0.15, 0.2) is 34.7 Å². The number of benzene rings is 1. The summed E-state index contributed by atoms with van der Waals surface area (Å²) in [6, 6.07) is 9.76. The third-order valence-electron chi connectivity index (χ3n) is 4.67. The van der Waals surface area contributed by atoms with E-state index in [4.69, 9.17) is 31.7 Å². The number of hydrogen-bond acceptors (Lipinski definition) is 6. The van der Waals surface area contributed by atoms with Crippen molar-refractivity contribution in [3.63, 3.8) is 0 Å². The van der Waals surface area contributed by atoms with Crippen LogP contribution in [0.3, 0.4) is 0 Å². The summed E-state index contributed by atoms with van der Waals surface area (Å²) in [7, 11) is 0. The van der Waals surface area contributed by atoms with Crippen LogP contribution in [-0.4, -0.2) is 38.5 Å². The van der Waals surface area contributed by atoms with E-state index in [1.54, 1.807) is 0 Å². The molecule has 2 aromatic heterocycles. The van der Waals surface area contributed by atoms with Gasteiger partial charge in [0.15, 0.2) is 0 Å². The first-order chi connectivity index (χ1) is 14.1. The van der Waals surface area contributed by atoms with Gasteiger partial charge in [-0.1, -0.05) is 17.7 Å². The van der Waals surface area contributed by atoms with Crippen LogP contribution >= 0.6 is 11.6 Å². The van der Waals surface area contributed by atoms with Crippen LogP contribution in [0.25, 0.3) is 22.5 Å². The monoisotopic (exact) mass is 442 g/mol. The molecule has 7 nitrogen and oxygen atoms in total. The molecular formula is C19H18ClF3N4O3. The number of fused-ring (bicyclic) bond motifs is 1. The van der Waals surface area contributed by atoms with Crippen molar-refractivity contribution in [2.45, 2.75) is 43.8 Å². The molecule has 1 saturated carbocycles. The van der Waals surface area contributed by atoms with Crippen LogP contribution in [0, 0.1) is 0 Å². The average Bonchev–Trinajstić information content (AvgIpc) is 3.18. The molecule has 0 unspecified atom stereocenters. The van der Waals surface area contributed by atoms with Gasteiger partial charge in [0.05, 0.1) is 5.52 Å². The van der Waals surface area contributed by atoms with Crippen molar-refractivity contribution in [1.29, 1.82) is 0 Å². The number of carboxylic acids is 1. The van der Waals surface area contributed by atoms with E-state index >= 15 is 0 Å². The fourth-order valence-corrected chi connectivity index (χ4v) is 3.27. The fourth-order valence-electron chi connectivity index (χ4n) is 3.08. The van der Waals surface area contributed by atoms with Crippen LogP contribution in [0.5, 0.6) is 0 Å². The van der Waals surface area contributed by atoms with Crippen molar-refractivity contribution in [2.75, 3.05) is 0 Å². The number of aliphatic carboxylic acids is 1. The molecule has 1 fully saturated rings. The van der Waals surface area contributed by atoms with Crippen LogP contribution in [0.1, 0.15) is 37.5 Å². The van der Waals surface area contributed by atoms with Gasteiger partial charge in [-0.05, 0) is 49.9 Å². The van der Waals surface area contributed by atoms with Crippen molar-refractivity contribution >= 4 is 28.5 Å². The van der Waals surface area contributed by atoms with E-state index in [-0.39, 0.29) is 0 Å². The lowest BCUT2D eigenvalue weighted by Crippen LogP contribution is -2.25. The molecule has 0 bridgehead atoms. The highest BCUT2D eigenvalue weighted by atomic mass is 35.5. The molecule has 4 rings (SSSR count). The molecular weight excluding hydrogens is 425 g/mol. The third kappa shape index (κ3) is 5.45. The summed E-state index contributed by atoms with van der Waals surface area (Å²) in [5.41, 5.74) is 7.49. The number of carboxylic acid groups (broad SMARTS) is 1. The molecule has 0 spiro atoms. The molecule has 1 aliphatic carbocycles. The van der Waals surface area contributed by atoms with Crippen molar-refractivity contribution in [1.82, 2.24) is 15.2 Å². The normalized spacial score (nSPS) is 19.2. The number of rotatable bonds is 2. The lowest BCUT2D eigenvalue weighted by molar-refractivity contribution is -0.192. The number of nitrogens with two attached hydrogens (primary N) is 1. The van der Waals surface area contributed by atoms with Gasteiger partial charge in [-0.15, -0.1) is 10.2 Å². The molecule has 0 atom stereocenters. The standard InChI is InChI=1S/C17H17ClN4O.C2HF3O2/c18-12-4-8-14-11(9-12)3-7-15(20-14)17-22-21-16(23-17)10-1-5-13(19)6-2-10;3-2(4,5)1(6)7/h3-4,7-10,13H,1-2,5-6,19H2;(H,6,7). The van der Waals surface area contributed by atoms with Gasteiger partial charge in [-0.25, -0.2) is 9.78 Å². The highest BCUT2D eigenvalue weighted by molar-refractivity contribution is 6.31. The molecule has 2 heterocycles. The first-order valence-corrected chi connectivity index (χ1v) is 9.47. The number of carbonyl (C=O) groups is 1. The van der Waals surface area contributed by atoms with E-state index in [9.17, 15) is 13.2 Å². The Kier molecular flexibility index (Phi) is 6.57. The molecule has 160 valence electrons. The highest BCUT2D eigenvalue weighted by Gasteiger charge is 2.38. The molecule has 11 heteroatoms. The lowest BCUT2D eigenvalue weighted by Gasteiger charge is -2.23. The number of aromatic nitrogens is 3. The van der Waals surface area contributed by atoms with Crippen LogP contribution in [0.4, 0.5) is 13.2 Å². The second kappa shape index (κ2) is 8.97. The van der Waals surface area contributed by atoms with Gasteiger partial charge in [0, 0.05) is 22.4 Å². The molecule has 0 saturated heterocycles. The molecule has 1 aromatic carbocycles. The Morgan fingerprint density at radius 2 is 1.80 bits per heavy atom. The van der Waals surface area contributed by atoms with E-state index in [1.807, 2.05) is 30.3 Å². The molecule has 0 radical (unpaired) electrons. The van der Waals surface area contributed by atoms with Gasteiger partial charge in [0.1, 0.15) is 5.69 Å². The topological polar surface area (TPSA) is 115 Å². The Morgan fingerprint density at radius 3 is 2.43 bits per heavy atom. The molecule has 30 heavy (non-hydrogen) atoms. The second-order valence-electron chi connectivity index (χ2n) is 6.89. The summed E-state index contributed by atoms with van der Waals surface area (Å²) >= 11 is 6.00. The minimum atomic E-state index is -5.08. The SMILES string of the molecule is NC1CCC(c2nnc(-c3ccc4cc(Cl)ccc4n3)o2)CC1.O=C(O)C(F)(F)F. The third-order valence-corrected chi connectivity index (χ3v) is 4.91. The number of hydrogen-bond donors (Lipinski definition) is 2.